The van der Waals surface area contributed by atoms with E-state index in [0.29, 0.717) is 23.0 Å². The number of imidazole rings is 1. The number of halogens is 1. The lowest BCUT2D eigenvalue weighted by Crippen LogP contribution is -2.40. The monoisotopic (exact) mass is 486 g/mol. The molecule has 1 unspecified atom stereocenters. The molecule has 0 bridgehead atoms. The highest BCUT2D eigenvalue weighted by Crippen LogP contribution is 2.38. The zero-order chi connectivity index (χ0) is 24.5. The normalized spacial score (nSPS) is 14.4. The van der Waals surface area contributed by atoms with Crippen molar-refractivity contribution in [3.05, 3.63) is 94.5 Å². The van der Waals surface area contributed by atoms with Crippen LogP contribution in [-0.4, -0.2) is 31.9 Å². The van der Waals surface area contributed by atoms with Gasteiger partial charge < -0.3 is 9.47 Å². The summed E-state index contributed by atoms with van der Waals surface area (Å²) < 4.78 is 2.19. The third kappa shape index (κ3) is 4.96. The quantitative estimate of drug-likeness (QED) is 0.278. The SMILES string of the molecule is Cc1ccc(C(=O)N(CC2CC2)C(c2nc3c(Cl)cncc3n2Cc2ccccc2)C(C)C)cc1. The Morgan fingerprint density at radius 2 is 1.80 bits per heavy atom. The highest BCUT2D eigenvalue weighted by Gasteiger charge is 2.37. The Morgan fingerprint density at radius 3 is 2.46 bits per heavy atom. The van der Waals surface area contributed by atoms with Crippen LogP contribution in [0.3, 0.4) is 0 Å². The number of pyridine rings is 1. The Labute approximate surface area is 211 Å². The van der Waals surface area contributed by atoms with Crippen LogP contribution in [0, 0.1) is 18.8 Å². The first-order valence-electron chi connectivity index (χ1n) is 12.3. The summed E-state index contributed by atoms with van der Waals surface area (Å²) in [6, 6.07) is 18.0. The van der Waals surface area contributed by atoms with Gasteiger partial charge in [-0.1, -0.05) is 73.5 Å². The van der Waals surface area contributed by atoms with Crippen LogP contribution in [0.4, 0.5) is 0 Å². The van der Waals surface area contributed by atoms with E-state index in [1.54, 1.807) is 6.20 Å². The molecule has 35 heavy (non-hydrogen) atoms. The number of aromatic nitrogens is 3. The number of hydrogen-bond acceptors (Lipinski definition) is 3. The average molecular weight is 487 g/mol. The lowest BCUT2D eigenvalue weighted by atomic mass is 9.99. The highest BCUT2D eigenvalue weighted by atomic mass is 35.5. The molecule has 2 aromatic heterocycles. The van der Waals surface area contributed by atoms with Crippen molar-refractivity contribution in [2.24, 2.45) is 11.8 Å². The van der Waals surface area contributed by atoms with Crippen LogP contribution in [0.25, 0.3) is 11.0 Å². The van der Waals surface area contributed by atoms with E-state index in [1.165, 1.54) is 12.8 Å². The number of fused-ring (bicyclic) bond motifs is 1. The summed E-state index contributed by atoms with van der Waals surface area (Å²) in [6.45, 7) is 7.74. The molecule has 1 fully saturated rings. The second-order valence-corrected chi connectivity index (χ2v) is 10.4. The summed E-state index contributed by atoms with van der Waals surface area (Å²) >= 11 is 6.56. The zero-order valence-corrected chi connectivity index (χ0v) is 21.2. The van der Waals surface area contributed by atoms with Gasteiger partial charge in [-0.3, -0.25) is 9.78 Å². The maximum absolute atomic E-state index is 13.9. The minimum atomic E-state index is -0.198. The van der Waals surface area contributed by atoms with Gasteiger partial charge in [0.25, 0.3) is 5.91 Å². The first-order valence-corrected chi connectivity index (χ1v) is 12.7. The second kappa shape index (κ2) is 9.82. The molecule has 1 aliphatic rings. The molecule has 1 saturated carbocycles. The first kappa shape index (κ1) is 23.6. The van der Waals surface area contributed by atoms with Gasteiger partial charge in [-0.15, -0.1) is 0 Å². The lowest BCUT2D eigenvalue weighted by molar-refractivity contribution is 0.0593. The molecule has 0 saturated heterocycles. The molecule has 1 atom stereocenters. The van der Waals surface area contributed by atoms with Crippen molar-refractivity contribution in [3.63, 3.8) is 0 Å². The molecule has 5 rings (SSSR count). The van der Waals surface area contributed by atoms with Crippen molar-refractivity contribution in [3.8, 4) is 0 Å². The molecule has 2 aromatic carbocycles. The minimum Gasteiger partial charge on any atom is -0.328 e. The van der Waals surface area contributed by atoms with Gasteiger partial charge in [-0.25, -0.2) is 4.98 Å². The largest absolute Gasteiger partial charge is 0.328 e. The van der Waals surface area contributed by atoms with Crippen LogP contribution in [0.1, 0.15) is 60.0 Å². The minimum absolute atomic E-state index is 0.0538. The van der Waals surface area contributed by atoms with Gasteiger partial charge in [0.15, 0.2) is 0 Å². The molecular weight excluding hydrogens is 456 g/mol. The Kier molecular flexibility index (Phi) is 6.61. The van der Waals surface area contributed by atoms with E-state index in [0.717, 1.165) is 34.5 Å². The molecule has 1 aliphatic carbocycles. The fourth-order valence-electron chi connectivity index (χ4n) is 4.74. The molecule has 180 valence electrons. The summed E-state index contributed by atoms with van der Waals surface area (Å²) in [7, 11) is 0. The van der Waals surface area contributed by atoms with Crippen molar-refractivity contribution < 1.29 is 4.79 Å². The molecule has 6 heteroatoms. The summed E-state index contributed by atoms with van der Waals surface area (Å²) in [6.07, 6.45) is 5.79. The van der Waals surface area contributed by atoms with E-state index in [1.807, 2.05) is 55.6 Å². The van der Waals surface area contributed by atoms with Gasteiger partial charge in [0.05, 0.1) is 22.8 Å². The molecule has 5 nitrogen and oxygen atoms in total. The summed E-state index contributed by atoms with van der Waals surface area (Å²) in [4.78, 5) is 25.4. The Morgan fingerprint density at radius 1 is 1.09 bits per heavy atom. The van der Waals surface area contributed by atoms with Crippen molar-refractivity contribution in [1.82, 2.24) is 19.4 Å². The number of aryl methyl sites for hydroxylation is 1. The van der Waals surface area contributed by atoms with Gasteiger partial charge in [0.2, 0.25) is 0 Å². The third-order valence-electron chi connectivity index (χ3n) is 6.77. The molecule has 0 radical (unpaired) electrons. The van der Waals surface area contributed by atoms with E-state index < -0.39 is 0 Å². The number of benzene rings is 2. The van der Waals surface area contributed by atoms with Crippen molar-refractivity contribution in [2.45, 2.75) is 46.2 Å². The first-order chi connectivity index (χ1) is 16.9. The van der Waals surface area contributed by atoms with E-state index in [9.17, 15) is 4.79 Å². The van der Waals surface area contributed by atoms with Crippen molar-refractivity contribution in [1.29, 1.82) is 0 Å². The summed E-state index contributed by atoms with van der Waals surface area (Å²) in [5.74, 6) is 1.61. The van der Waals surface area contributed by atoms with E-state index in [4.69, 9.17) is 16.6 Å². The number of carbonyl (C=O) groups excluding carboxylic acids is 1. The van der Waals surface area contributed by atoms with Crippen LogP contribution >= 0.6 is 11.6 Å². The van der Waals surface area contributed by atoms with Crippen LogP contribution in [0.2, 0.25) is 5.02 Å². The number of hydrogen-bond donors (Lipinski definition) is 0. The fourth-order valence-corrected chi connectivity index (χ4v) is 4.94. The van der Waals surface area contributed by atoms with Crippen molar-refractivity contribution in [2.75, 3.05) is 6.54 Å². The van der Waals surface area contributed by atoms with E-state index >= 15 is 0 Å². The van der Waals surface area contributed by atoms with Gasteiger partial charge in [0, 0.05) is 24.8 Å². The third-order valence-corrected chi connectivity index (χ3v) is 7.05. The zero-order valence-electron chi connectivity index (χ0n) is 20.5. The molecule has 1 amide bonds. The molecule has 2 heterocycles. The predicted octanol–water partition coefficient (Wildman–Crippen LogP) is 6.69. The van der Waals surface area contributed by atoms with Gasteiger partial charge in [-0.2, -0.15) is 0 Å². The molecular formula is C29H31ClN4O. The van der Waals surface area contributed by atoms with Crippen molar-refractivity contribution >= 4 is 28.5 Å². The number of nitrogens with zero attached hydrogens (tertiary/aromatic N) is 4. The van der Waals surface area contributed by atoms with Crippen LogP contribution in [0.15, 0.2) is 67.0 Å². The molecule has 4 aromatic rings. The number of rotatable bonds is 8. The highest BCUT2D eigenvalue weighted by molar-refractivity contribution is 6.34. The van der Waals surface area contributed by atoms with Gasteiger partial charge in [-0.05, 0) is 49.3 Å². The summed E-state index contributed by atoms with van der Waals surface area (Å²) in [5.41, 5.74) is 4.63. The lowest BCUT2D eigenvalue weighted by Gasteiger charge is -2.35. The number of carbonyl (C=O) groups is 1. The van der Waals surface area contributed by atoms with Gasteiger partial charge >= 0.3 is 0 Å². The number of amides is 1. The van der Waals surface area contributed by atoms with E-state index in [2.05, 4.69) is 40.4 Å². The molecule has 0 spiro atoms. The maximum Gasteiger partial charge on any atom is 0.254 e. The van der Waals surface area contributed by atoms with E-state index in [-0.39, 0.29) is 17.9 Å². The van der Waals surface area contributed by atoms with Crippen LogP contribution in [-0.2, 0) is 6.54 Å². The van der Waals surface area contributed by atoms with Crippen LogP contribution in [0.5, 0.6) is 0 Å². The topological polar surface area (TPSA) is 51.0 Å². The predicted molar refractivity (Wildman–Crippen MR) is 141 cm³/mol. The molecule has 0 N–H and O–H groups in total. The molecule has 0 aliphatic heterocycles. The Hall–Kier alpha value is -3.18. The average Bonchev–Trinajstić information content (AvgIpc) is 3.60. The second-order valence-electron chi connectivity index (χ2n) is 9.99. The Bertz CT molecular complexity index is 1330. The van der Waals surface area contributed by atoms with Crippen LogP contribution < -0.4 is 0 Å². The Balaban J connectivity index is 1.64. The smallest absolute Gasteiger partial charge is 0.254 e. The maximum atomic E-state index is 13.9. The standard InChI is InChI=1S/C29H31ClN4O/c1-19(2)27(34(18-22-11-12-22)29(35)23-13-9-20(3)10-14-23)28-32-26-24(30)15-31-16-25(26)33(28)17-21-7-5-4-6-8-21/h4-10,13-16,19,22,27H,11-12,17-18H2,1-3H3. The van der Waals surface area contributed by atoms with Gasteiger partial charge in [0.1, 0.15) is 11.3 Å². The fraction of sp³-hybridized carbons (Fsp3) is 0.345. The summed E-state index contributed by atoms with van der Waals surface area (Å²) in [5, 5.41) is 0.525.